The molecule has 0 aromatic carbocycles. The number of carbonyl (C=O) groups excluding carboxylic acids is 1. The van der Waals surface area contributed by atoms with Crippen LogP contribution in [0.1, 0.15) is 39.0 Å². The fourth-order valence-electron chi connectivity index (χ4n) is 2.16. The van der Waals surface area contributed by atoms with Gasteiger partial charge in [-0.05, 0) is 26.2 Å². The second-order valence-electron chi connectivity index (χ2n) is 5.02. The first-order valence-electron chi connectivity index (χ1n) is 7.30. The standard InChI is InChI=1S/C16H26N2O2/c1-3-5-10-13(4-2)20-16(19)18-15-12-9-7-6-8-11-14(15)17/h3-5,8,11,13-15H,2,6-7,9-10,12,17H2,1H3,(H,18,19)/b5-3-,11-8+/t13-,14?,15?/m0/s1. The summed E-state index contributed by atoms with van der Waals surface area (Å²) in [5.41, 5.74) is 6.05. The molecule has 0 bridgehead atoms. The molecule has 0 spiro atoms. The summed E-state index contributed by atoms with van der Waals surface area (Å²) in [5.74, 6) is 0. The van der Waals surface area contributed by atoms with Crippen LogP contribution in [-0.2, 0) is 4.74 Å². The monoisotopic (exact) mass is 278 g/mol. The molecule has 0 aliphatic heterocycles. The summed E-state index contributed by atoms with van der Waals surface area (Å²) in [7, 11) is 0. The zero-order valence-electron chi connectivity index (χ0n) is 12.3. The van der Waals surface area contributed by atoms with Crippen LogP contribution in [0.5, 0.6) is 0 Å². The van der Waals surface area contributed by atoms with E-state index in [9.17, 15) is 4.79 Å². The van der Waals surface area contributed by atoms with Crippen LogP contribution in [0.25, 0.3) is 0 Å². The maximum Gasteiger partial charge on any atom is 0.408 e. The van der Waals surface area contributed by atoms with Crippen molar-refractivity contribution in [3.05, 3.63) is 37.0 Å². The van der Waals surface area contributed by atoms with Crippen molar-refractivity contribution in [3.63, 3.8) is 0 Å². The second-order valence-corrected chi connectivity index (χ2v) is 5.02. The molecule has 20 heavy (non-hydrogen) atoms. The number of nitrogens with one attached hydrogen (secondary N) is 1. The highest BCUT2D eigenvalue weighted by atomic mass is 16.6. The molecule has 0 radical (unpaired) electrons. The first-order chi connectivity index (χ1) is 9.67. The minimum absolute atomic E-state index is 0.0637. The van der Waals surface area contributed by atoms with Gasteiger partial charge in [-0.2, -0.15) is 0 Å². The van der Waals surface area contributed by atoms with Crippen molar-refractivity contribution in [2.75, 3.05) is 0 Å². The van der Waals surface area contributed by atoms with E-state index in [0.717, 1.165) is 25.7 Å². The molecular formula is C16H26N2O2. The molecule has 1 rings (SSSR count). The lowest BCUT2D eigenvalue weighted by molar-refractivity contribution is 0.116. The largest absolute Gasteiger partial charge is 0.442 e. The van der Waals surface area contributed by atoms with Crippen LogP contribution >= 0.6 is 0 Å². The average molecular weight is 278 g/mol. The number of carbonyl (C=O) groups is 1. The third-order valence-electron chi connectivity index (χ3n) is 3.39. The summed E-state index contributed by atoms with van der Waals surface area (Å²) in [6.07, 6.45) is 13.6. The van der Waals surface area contributed by atoms with Gasteiger partial charge in [-0.25, -0.2) is 4.79 Å². The van der Waals surface area contributed by atoms with Crippen molar-refractivity contribution in [1.82, 2.24) is 5.32 Å². The Morgan fingerprint density at radius 3 is 3.10 bits per heavy atom. The van der Waals surface area contributed by atoms with E-state index in [-0.39, 0.29) is 18.2 Å². The summed E-state index contributed by atoms with van der Waals surface area (Å²) in [6, 6.07) is -0.216. The van der Waals surface area contributed by atoms with Crippen molar-refractivity contribution in [2.45, 2.75) is 57.2 Å². The van der Waals surface area contributed by atoms with E-state index < -0.39 is 6.09 Å². The lowest BCUT2D eigenvalue weighted by Gasteiger charge is -2.25. The molecule has 2 unspecified atom stereocenters. The van der Waals surface area contributed by atoms with Gasteiger partial charge in [-0.15, -0.1) is 0 Å². The molecule has 0 aromatic rings. The van der Waals surface area contributed by atoms with E-state index in [1.54, 1.807) is 6.08 Å². The van der Waals surface area contributed by atoms with Crippen molar-refractivity contribution in [2.24, 2.45) is 5.73 Å². The molecule has 3 N–H and O–H groups in total. The van der Waals surface area contributed by atoms with E-state index in [2.05, 4.69) is 18.0 Å². The highest BCUT2D eigenvalue weighted by Gasteiger charge is 2.20. The molecule has 1 aliphatic carbocycles. The quantitative estimate of drug-likeness (QED) is 0.760. The van der Waals surface area contributed by atoms with E-state index in [4.69, 9.17) is 10.5 Å². The SMILES string of the molecule is C=C[C@@H](C/C=C\C)OC(=O)NC1CCCC/C=C/C1N. The van der Waals surface area contributed by atoms with Crippen molar-refractivity contribution >= 4 is 6.09 Å². The van der Waals surface area contributed by atoms with Gasteiger partial charge in [0, 0.05) is 12.5 Å². The van der Waals surface area contributed by atoms with Gasteiger partial charge in [0.15, 0.2) is 0 Å². The van der Waals surface area contributed by atoms with Gasteiger partial charge < -0.3 is 15.8 Å². The Morgan fingerprint density at radius 1 is 1.60 bits per heavy atom. The molecular weight excluding hydrogens is 252 g/mol. The minimum atomic E-state index is -0.422. The molecule has 0 fully saturated rings. The zero-order valence-corrected chi connectivity index (χ0v) is 12.3. The van der Waals surface area contributed by atoms with Crippen LogP contribution in [0.2, 0.25) is 0 Å². The summed E-state index contributed by atoms with van der Waals surface area (Å²) in [4.78, 5) is 11.9. The molecule has 1 aliphatic rings. The summed E-state index contributed by atoms with van der Waals surface area (Å²) >= 11 is 0. The van der Waals surface area contributed by atoms with Crippen LogP contribution in [0.3, 0.4) is 0 Å². The van der Waals surface area contributed by atoms with Gasteiger partial charge in [0.05, 0.1) is 6.04 Å². The summed E-state index contributed by atoms with van der Waals surface area (Å²) in [6.45, 7) is 5.61. The molecule has 0 heterocycles. The normalized spacial score (nSPS) is 26.3. The van der Waals surface area contributed by atoms with E-state index >= 15 is 0 Å². The number of alkyl carbamates (subject to hydrolysis) is 1. The third kappa shape index (κ3) is 6.06. The van der Waals surface area contributed by atoms with Crippen LogP contribution in [0.15, 0.2) is 37.0 Å². The highest BCUT2D eigenvalue weighted by Crippen LogP contribution is 2.12. The topological polar surface area (TPSA) is 64.3 Å². The Labute approximate surface area is 121 Å². The average Bonchev–Trinajstić information content (AvgIpc) is 2.43. The predicted octanol–water partition coefficient (Wildman–Crippen LogP) is 3.06. The summed E-state index contributed by atoms with van der Waals surface area (Å²) in [5, 5.41) is 2.87. The zero-order chi connectivity index (χ0) is 14.8. The maximum atomic E-state index is 11.9. The first kappa shape index (κ1) is 16.5. The molecule has 4 nitrogen and oxygen atoms in total. The van der Waals surface area contributed by atoms with Gasteiger partial charge in [0.1, 0.15) is 6.10 Å². The van der Waals surface area contributed by atoms with Crippen LogP contribution in [0.4, 0.5) is 4.79 Å². The highest BCUT2D eigenvalue weighted by molar-refractivity contribution is 5.68. The first-order valence-corrected chi connectivity index (χ1v) is 7.30. The number of nitrogens with two attached hydrogens (primary N) is 1. The predicted molar refractivity (Wildman–Crippen MR) is 82.4 cm³/mol. The fraction of sp³-hybridized carbons (Fsp3) is 0.562. The Balaban J connectivity index is 2.48. The van der Waals surface area contributed by atoms with Crippen molar-refractivity contribution in [3.8, 4) is 0 Å². The minimum Gasteiger partial charge on any atom is -0.442 e. The van der Waals surface area contributed by atoms with Crippen LogP contribution in [-0.4, -0.2) is 24.3 Å². The molecule has 0 saturated carbocycles. The Hall–Kier alpha value is -1.55. The van der Waals surface area contributed by atoms with E-state index in [1.165, 1.54) is 0 Å². The van der Waals surface area contributed by atoms with Crippen LogP contribution < -0.4 is 11.1 Å². The van der Waals surface area contributed by atoms with Crippen molar-refractivity contribution in [1.29, 1.82) is 0 Å². The van der Waals surface area contributed by atoms with E-state index in [0.29, 0.717) is 6.42 Å². The molecule has 0 saturated heterocycles. The smallest absolute Gasteiger partial charge is 0.408 e. The van der Waals surface area contributed by atoms with Crippen LogP contribution in [0, 0.1) is 0 Å². The van der Waals surface area contributed by atoms with Gasteiger partial charge >= 0.3 is 6.09 Å². The van der Waals surface area contributed by atoms with E-state index in [1.807, 2.05) is 25.2 Å². The number of rotatable bonds is 5. The number of amides is 1. The van der Waals surface area contributed by atoms with Gasteiger partial charge in [0.2, 0.25) is 0 Å². The molecule has 112 valence electrons. The number of hydrogen-bond donors (Lipinski definition) is 2. The maximum absolute atomic E-state index is 11.9. The molecule has 4 heteroatoms. The van der Waals surface area contributed by atoms with Gasteiger partial charge in [-0.1, -0.05) is 43.4 Å². The Bertz CT molecular complexity index is 363. The Morgan fingerprint density at radius 2 is 2.40 bits per heavy atom. The number of ether oxygens (including phenoxy) is 1. The fourth-order valence-corrected chi connectivity index (χ4v) is 2.16. The molecule has 1 amide bonds. The Kier molecular flexibility index (Phi) is 7.73. The molecule has 3 atom stereocenters. The van der Waals surface area contributed by atoms with Gasteiger partial charge in [0.25, 0.3) is 0 Å². The van der Waals surface area contributed by atoms with Crippen molar-refractivity contribution < 1.29 is 9.53 Å². The lowest BCUT2D eigenvalue weighted by atomic mass is 9.98. The lowest BCUT2D eigenvalue weighted by Crippen LogP contribution is -2.47. The number of hydrogen-bond acceptors (Lipinski definition) is 3. The number of allylic oxidation sites excluding steroid dienone is 2. The second kappa shape index (κ2) is 9.37. The third-order valence-corrected chi connectivity index (χ3v) is 3.39. The van der Waals surface area contributed by atoms with Gasteiger partial charge in [-0.3, -0.25) is 0 Å². The molecule has 0 aromatic heterocycles. The summed E-state index contributed by atoms with van der Waals surface area (Å²) < 4.78 is 5.33.